The molecule has 0 aliphatic rings. The van der Waals surface area contributed by atoms with Crippen molar-refractivity contribution in [2.75, 3.05) is 24.2 Å². The van der Waals surface area contributed by atoms with Gasteiger partial charge in [0.15, 0.2) is 0 Å². The topological polar surface area (TPSA) is 38.5 Å². The van der Waals surface area contributed by atoms with Gasteiger partial charge in [0, 0.05) is 37.1 Å². The molecule has 3 nitrogen and oxygen atoms in total. The molecule has 0 bridgehead atoms. The summed E-state index contributed by atoms with van der Waals surface area (Å²) < 4.78 is 5.74. The highest BCUT2D eigenvalue weighted by atomic mass is 16.5. The van der Waals surface area contributed by atoms with E-state index in [1.165, 1.54) is 5.56 Å². The second kappa shape index (κ2) is 7.02. The van der Waals surface area contributed by atoms with Crippen LogP contribution in [0.2, 0.25) is 0 Å². The number of nitrogens with zero attached hydrogens (tertiary/aromatic N) is 1. The minimum absolute atomic E-state index is 0.147. The van der Waals surface area contributed by atoms with Crippen molar-refractivity contribution in [3.05, 3.63) is 54.1 Å². The van der Waals surface area contributed by atoms with Gasteiger partial charge < -0.3 is 15.4 Å². The van der Waals surface area contributed by atoms with Gasteiger partial charge in [-0.25, -0.2) is 0 Å². The molecule has 0 amide bonds. The number of rotatable bonds is 6. The first-order valence-electron chi connectivity index (χ1n) is 7.37. The standard InChI is InChI=1S/C18H24N2O/c1-14(2)21-18-12-16(19)11-17(13-18)20(3)10-9-15-7-5-4-6-8-15/h4-8,11-14H,9-10,19H2,1-3H3. The molecule has 112 valence electrons. The highest BCUT2D eigenvalue weighted by Crippen LogP contribution is 2.25. The molecule has 3 heteroatoms. The Bertz CT molecular complexity index is 567. The number of hydrogen-bond acceptors (Lipinski definition) is 3. The summed E-state index contributed by atoms with van der Waals surface area (Å²) in [6.45, 7) is 4.97. The van der Waals surface area contributed by atoms with Crippen LogP contribution in [0.3, 0.4) is 0 Å². The average Bonchev–Trinajstić information content (AvgIpc) is 2.44. The Kier molecular flexibility index (Phi) is 5.09. The third-order valence-electron chi connectivity index (χ3n) is 3.30. The number of benzene rings is 2. The molecule has 0 aliphatic heterocycles. The minimum Gasteiger partial charge on any atom is -0.491 e. The molecule has 0 saturated heterocycles. The van der Waals surface area contributed by atoms with Gasteiger partial charge in [-0.15, -0.1) is 0 Å². The number of ether oxygens (including phenoxy) is 1. The zero-order chi connectivity index (χ0) is 15.2. The lowest BCUT2D eigenvalue weighted by molar-refractivity contribution is 0.242. The molecule has 0 atom stereocenters. The van der Waals surface area contributed by atoms with E-state index in [4.69, 9.17) is 10.5 Å². The summed E-state index contributed by atoms with van der Waals surface area (Å²) in [5, 5.41) is 0. The van der Waals surface area contributed by atoms with Crippen LogP contribution in [0.25, 0.3) is 0 Å². The van der Waals surface area contributed by atoms with E-state index in [2.05, 4.69) is 36.2 Å². The fourth-order valence-corrected chi connectivity index (χ4v) is 2.24. The molecule has 2 N–H and O–H groups in total. The Morgan fingerprint density at radius 2 is 1.81 bits per heavy atom. The molecule has 0 unspecified atom stereocenters. The van der Waals surface area contributed by atoms with Gasteiger partial charge in [-0.3, -0.25) is 0 Å². The third kappa shape index (κ3) is 4.71. The summed E-state index contributed by atoms with van der Waals surface area (Å²) in [4.78, 5) is 2.20. The molecule has 0 fully saturated rings. The normalized spacial score (nSPS) is 10.7. The van der Waals surface area contributed by atoms with Gasteiger partial charge in [-0.05, 0) is 31.9 Å². The Morgan fingerprint density at radius 1 is 1.10 bits per heavy atom. The average molecular weight is 284 g/mol. The van der Waals surface area contributed by atoms with Crippen LogP contribution >= 0.6 is 0 Å². The van der Waals surface area contributed by atoms with Crippen LogP contribution < -0.4 is 15.4 Å². The van der Waals surface area contributed by atoms with Gasteiger partial charge in [0.05, 0.1) is 6.10 Å². The van der Waals surface area contributed by atoms with E-state index in [0.717, 1.165) is 30.1 Å². The first-order valence-corrected chi connectivity index (χ1v) is 7.37. The van der Waals surface area contributed by atoms with Gasteiger partial charge in [-0.2, -0.15) is 0 Å². The van der Waals surface area contributed by atoms with Crippen LogP contribution in [-0.2, 0) is 6.42 Å². The summed E-state index contributed by atoms with van der Waals surface area (Å²) in [6.07, 6.45) is 1.15. The molecule has 0 saturated carbocycles. The molecule has 2 aromatic rings. The second-order valence-corrected chi connectivity index (χ2v) is 5.58. The maximum atomic E-state index is 5.97. The highest BCUT2D eigenvalue weighted by molar-refractivity contribution is 5.60. The zero-order valence-electron chi connectivity index (χ0n) is 13.0. The smallest absolute Gasteiger partial charge is 0.123 e. The predicted octanol–water partition coefficient (Wildman–Crippen LogP) is 3.73. The fraction of sp³-hybridized carbons (Fsp3) is 0.333. The predicted molar refractivity (Wildman–Crippen MR) is 90.0 cm³/mol. The van der Waals surface area contributed by atoms with Crippen molar-refractivity contribution in [2.45, 2.75) is 26.4 Å². The van der Waals surface area contributed by atoms with E-state index < -0.39 is 0 Å². The van der Waals surface area contributed by atoms with E-state index in [9.17, 15) is 0 Å². The summed E-state index contributed by atoms with van der Waals surface area (Å²) in [7, 11) is 2.08. The van der Waals surface area contributed by atoms with Crippen molar-refractivity contribution in [1.29, 1.82) is 0 Å². The molecule has 2 rings (SSSR count). The van der Waals surface area contributed by atoms with E-state index in [1.807, 2.05) is 38.1 Å². The van der Waals surface area contributed by atoms with E-state index in [-0.39, 0.29) is 6.10 Å². The molecule has 21 heavy (non-hydrogen) atoms. The maximum Gasteiger partial charge on any atom is 0.123 e. The summed E-state index contributed by atoms with van der Waals surface area (Å²) >= 11 is 0. The molecular weight excluding hydrogens is 260 g/mol. The lowest BCUT2D eigenvalue weighted by atomic mass is 10.1. The van der Waals surface area contributed by atoms with Gasteiger partial charge in [0.25, 0.3) is 0 Å². The molecule has 0 heterocycles. The van der Waals surface area contributed by atoms with E-state index >= 15 is 0 Å². The number of nitrogens with two attached hydrogens (primary N) is 1. The monoisotopic (exact) mass is 284 g/mol. The van der Waals surface area contributed by atoms with Crippen LogP contribution in [0.1, 0.15) is 19.4 Å². The molecule has 0 aliphatic carbocycles. The van der Waals surface area contributed by atoms with Gasteiger partial charge in [0.1, 0.15) is 5.75 Å². The van der Waals surface area contributed by atoms with Crippen molar-refractivity contribution in [3.8, 4) is 5.75 Å². The number of likely N-dealkylation sites (N-methyl/N-ethyl adjacent to an activating group) is 1. The van der Waals surface area contributed by atoms with Crippen LogP contribution in [0.15, 0.2) is 48.5 Å². The lowest BCUT2D eigenvalue weighted by Crippen LogP contribution is -2.20. The molecule has 2 aromatic carbocycles. The largest absolute Gasteiger partial charge is 0.491 e. The SMILES string of the molecule is CC(C)Oc1cc(N)cc(N(C)CCc2ccccc2)c1. The Hall–Kier alpha value is -2.16. The minimum atomic E-state index is 0.147. The summed E-state index contributed by atoms with van der Waals surface area (Å²) in [5.74, 6) is 0.826. The third-order valence-corrected chi connectivity index (χ3v) is 3.30. The highest BCUT2D eigenvalue weighted by Gasteiger charge is 2.06. The van der Waals surface area contributed by atoms with Gasteiger partial charge >= 0.3 is 0 Å². The first kappa shape index (κ1) is 15.2. The summed E-state index contributed by atoms with van der Waals surface area (Å²) in [6, 6.07) is 16.4. The van der Waals surface area contributed by atoms with Crippen LogP contribution in [-0.4, -0.2) is 19.7 Å². The van der Waals surface area contributed by atoms with Crippen LogP contribution in [0.5, 0.6) is 5.75 Å². The number of nitrogen functional groups attached to an aromatic ring is 1. The quantitative estimate of drug-likeness (QED) is 0.821. The Balaban J connectivity index is 2.04. The van der Waals surface area contributed by atoms with Gasteiger partial charge in [-0.1, -0.05) is 30.3 Å². The first-order chi connectivity index (χ1) is 10.0. The Labute approximate surface area is 127 Å². The number of hydrogen-bond donors (Lipinski definition) is 1. The van der Waals surface area contributed by atoms with Crippen LogP contribution in [0.4, 0.5) is 11.4 Å². The molecular formula is C18H24N2O. The van der Waals surface area contributed by atoms with Crippen molar-refractivity contribution >= 4 is 11.4 Å². The maximum absolute atomic E-state index is 5.97. The summed E-state index contributed by atoms with van der Waals surface area (Å²) in [5.41, 5.74) is 9.13. The molecule has 0 aromatic heterocycles. The lowest BCUT2D eigenvalue weighted by Gasteiger charge is -2.21. The second-order valence-electron chi connectivity index (χ2n) is 5.58. The van der Waals surface area contributed by atoms with Crippen molar-refractivity contribution in [1.82, 2.24) is 0 Å². The zero-order valence-corrected chi connectivity index (χ0v) is 13.0. The number of anilines is 2. The molecule has 0 radical (unpaired) electrons. The van der Waals surface area contributed by atoms with E-state index in [1.54, 1.807) is 0 Å². The van der Waals surface area contributed by atoms with Gasteiger partial charge in [0.2, 0.25) is 0 Å². The Morgan fingerprint density at radius 3 is 2.48 bits per heavy atom. The molecule has 0 spiro atoms. The van der Waals surface area contributed by atoms with E-state index in [0.29, 0.717) is 0 Å². The van der Waals surface area contributed by atoms with Crippen molar-refractivity contribution in [2.24, 2.45) is 0 Å². The van der Waals surface area contributed by atoms with Crippen molar-refractivity contribution < 1.29 is 4.74 Å². The fourth-order valence-electron chi connectivity index (χ4n) is 2.24. The van der Waals surface area contributed by atoms with Crippen LogP contribution in [0, 0.1) is 0 Å². The van der Waals surface area contributed by atoms with Crippen molar-refractivity contribution in [3.63, 3.8) is 0 Å².